The summed E-state index contributed by atoms with van der Waals surface area (Å²) in [5, 5.41) is 5.89. The van der Waals surface area contributed by atoms with Crippen LogP contribution in [0, 0.1) is 0 Å². The van der Waals surface area contributed by atoms with Crippen LogP contribution in [-0.4, -0.2) is 21.4 Å². The van der Waals surface area contributed by atoms with Gasteiger partial charge in [0.1, 0.15) is 5.69 Å². The van der Waals surface area contributed by atoms with Crippen molar-refractivity contribution in [2.24, 2.45) is 0 Å². The highest BCUT2D eigenvalue weighted by atomic mass is 16.5. The molecule has 5 heteroatoms. The smallest absolute Gasteiger partial charge is 0.150 e. The zero-order valence-electron chi connectivity index (χ0n) is 12.3. The van der Waals surface area contributed by atoms with E-state index in [9.17, 15) is 0 Å². The Bertz CT molecular complexity index is 791. The highest BCUT2D eigenvalue weighted by molar-refractivity contribution is 5.95. The van der Waals surface area contributed by atoms with Gasteiger partial charge in [0.05, 0.1) is 5.52 Å². The molecule has 0 spiro atoms. The van der Waals surface area contributed by atoms with Gasteiger partial charge in [-0.25, -0.2) is 4.68 Å². The molecule has 0 saturated carbocycles. The van der Waals surface area contributed by atoms with E-state index in [4.69, 9.17) is 15.6 Å². The first-order chi connectivity index (χ1) is 10.8. The molecule has 0 radical (unpaired) electrons. The van der Waals surface area contributed by atoms with Gasteiger partial charge in [0, 0.05) is 35.6 Å². The van der Waals surface area contributed by atoms with E-state index >= 15 is 0 Å². The fraction of sp³-hybridized carbons (Fsp3) is 0.294. The van der Waals surface area contributed by atoms with Crippen LogP contribution in [0.25, 0.3) is 22.2 Å². The van der Waals surface area contributed by atoms with Crippen molar-refractivity contribution in [3.63, 3.8) is 0 Å². The van der Waals surface area contributed by atoms with Gasteiger partial charge in [0.2, 0.25) is 0 Å². The van der Waals surface area contributed by atoms with Crippen LogP contribution in [0.3, 0.4) is 0 Å². The van der Waals surface area contributed by atoms with Crippen LogP contribution in [0.1, 0.15) is 25.5 Å². The molecule has 22 heavy (non-hydrogen) atoms. The number of pyridine rings is 1. The summed E-state index contributed by atoms with van der Waals surface area (Å²) in [4.78, 5) is 4.08. The summed E-state index contributed by atoms with van der Waals surface area (Å²) in [6.45, 7) is 0.797. The molecule has 2 N–H and O–H groups in total. The molecule has 0 unspecified atom stereocenters. The Morgan fingerprint density at radius 3 is 2.77 bits per heavy atom. The lowest BCUT2D eigenvalue weighted by Gasteiger charge is -2.23. The van der Waals surface area contributed by atoms with E-state index < -0.39 is 0 Å². The van der Waals surface area contributed by atoms with E-state index in [1.54, 1.807) is 12.4 Å². The molecule has 3 heterocycles. The van der Waals surface area contributed by atoms with Crippen molar-refractivity contribution in [3.8, 4) is 11.3 Å². The van der Waals surface area contributed by atoms with Gasteiger partial charge in [-0.05, 0) is 49.6 Å². The molecule has 112 valence electrons. The number of hydrogen-bond donors (Lipinski definition) is 1. The minimum Gasteiger partial charge on any atom is -0.399 e. The highest BCUT2D eigenvalue weighted by Gasteiger charge is 2.21. The molecule has 0 aliphatic carbocycles. The zero-order chi connectivity index (χ0) is 14.9. The van der Waals surface area contributed by atoms with Crippen LogP contribution in [0.4, 0.5) is 5.69 Å². The molecule has 0 amide bonds. The second kappa shape index (κ2) is 5.42. The molecule has 0 bridgehead atoms. The third-order valence-corrected chi connectivity index (χ3v) is 4.11. The average Bonchev–Trinajstić information content (AvgIpc) is 2.95. The van der Waals surface area contributed by atoms with Crippen LogP contribution in [0.15, 0.2) is 42.7 Å². The normalized spacial score (nSPS) is 18.6. The summed E-state index contributed by atoms with van der Waals surface area (Å²) in [5.41, 5.74) is 9.75. The molecule has 3 aromatic rings. The maximum absolute atomic E-state index is 5.98. The molecule has 1 aliphatic heterocycles. The number of nitrogens with zero attached hydrogens (tertiary/aromatic N) is 3. The van der Waals surface area contributed by atoms with Crippen LogP contribution in [-0.2, 0) is 4.74 Å². The minimum atomic E-state index is 0.00969. The molecular formula is C17H18N4O. The first-order valence-electron chi connectivity index (χ1n) is 7.63. The fourth-order valence-electron chi connectivity index (χ4n) is 3.02. The van der Waals surface area contributed by atoms with Crippen LogP contribution >= 0.6 is 0 Å². The maximum atomic E-state index is 5.98. The number of ether oxygens (including phenoxy) is 1. The van der Waals surface area contributed by atoms with Crippen molar-refractivity contribution in [3.05, 3.63) is 42.7 Å². The quantitative estimate of drug-likeness (QED) is 0.736. The number of nitrogens with two attached hydrogens (primary N) is 1. The van der Waals surface area contributed by atoms with Gasteiger partial charge in [-0.2, -0.15) is 5.10 Å². The summed E-state index contributed by atoms with van der Waals surface area (Å²) in [6.07, 6.45) is 6.87. The summed E-state index contributed by atoms with van der Waals surface area (Å²) < 4.78 is 7.91. The van der Waals surface area contributed by atoms with E-state index in [1.807, 2.05) is 35.0 Å². The second-order valence-electron chi connectivity index (χ2n) is 5.63. The van der Waals surface area contributed by atoms with Gasteiger partial charge in [-0.1, -0.05) is 0 Å². The van der Waals surface area contributed by atoms with E-state index in [1.165, 1.54) is 6.42 Å². The number of anilines is 1. The molecule has 4 rings (SSSR count). The van der Waals surface area contributed by atoms with Gasteiger partial charge < -0.3 is 10.5 Å². The van der Waals surface area contributed by atoms with Gasteiger partial charge >= 0.3 is 0 Å². The van der Waals surface area contributed by atoms with E-state index in [0.717, 1.165) is 47.3 Å². The molecule has 2 aromatic heterocycles. The lowest BCUT2D eigenvalue weighted by Crippen LogP contribution is -2.19. The largest absolute Gasteiger partial charge is 0.399 e. The van der Waals surface area contributed by atoms with Crippen molar-refractivity contribution in [2.45, 2.75) is 25.5 Å². The first-order valence-corrected chi connectivity index (χ1v) is 7.63. The number of hydrogen-bond acceptors (Lipinski definition) is 4. The Balaban J connectivity index is 1.91. The standard InChI is InChI=1S/C17H18N4O/c18-13-4-5-15-14(11-13)17(12-6-8-19-9-7-12)20-21(15)16-3-1-2-10-22-16/h4-9,11,16H,1-3,10,18H2/t16-/m0/s1. The van der Waals surface area contributed by atoms with Crippen molar-refractivity contribution in [2.75, 3.05) is 12.3 Å². The van der Waals surface area contributed by atoms with E-state index in [2.05, 4.69) is 4.98 Å². The molecule has 1 fully saturated rings. The van der Waals surface area contributed by atoms with Crippen molar-refractivity contribution in [1.29, 1.82) is 0 Å². The van der Waals surface area contributed by atoms with Gasteiger partial charge in [-0.15, -0.1) is 0 Å². The van der Waals surface area contributed by atoms with Gasteiger partial charge in [0.25, 0.3) is 0 Å². The summed E-state index contributed by atoms with van der Waals surface area (Å²) in [6, 6.07) is 9.87. The Labute approximate surface area is 128 Å². The zero-order valence-corrected chi connectivity index (χ0v) is 12.3. The Morgan fingerprint density at radius 1 is 1.14 bits per heavy atom. The predicted molar refractivity (Wildman–Crippen MR) is 86.2 cm³/mol. The number of nitrogen functional groups attached to an aromatic ring is 1. The SMILES string of the molecule is Nc1ccc2c(c1)c(-c1ccncc1)nn2[C@@H]1CCCCO1. The number of fused-ring (bicyclic) bond motifs is 1. The second-order valence-corrected chi connectivity index (χ2v) is 5.63. The number of rotatable bonds is 2. The molecule has 1 aliphatic rings. The molecule has 1 saturated heterocycles. The predicted octanol–water partition coefficient (Wildman–Crippen LogP) is 3.38. The topological polar surface area (TPSA) is 66.0 Å². The van der Waals surface area contributed by atoms with Crippen LogP contribution in [0.5, 0.6) is 0 Å². The van der Waals surface area contributed by atoms with E-state index in [0.29, 0.717) is 0 Å². The van der Waals surface area contributed by atoms with Crippen molar-refractivity contribution >= 4 is 16.6 Å². The lowest BCUT2D eigenvalue weighted by molar-refractivity contribution is -0.0365. The first kappa shape index (κ1) is 13.3. The fourth-order valence-corrected chi connectivity index (χ4v) is 3.02. The van der Waals surface area contributed by atoms with Gasteiger partial charge in [-0.3, -0.25) is 4.98 Å². The third-order valence-electron chi connectivity index (χ3n) is 4.11. The average molecular weight is 294 g/mol. The Kier molecular flexibility index (Phi) is 3.27. The van der Waals surface area contributed by atoms with Crippen LogP contribution in [0.2, 0.25) is 0 Å². The minimum absolute atomic E-state index is 0.00969. The van der Waals surface area contributed by atoms with Crippen molar-refractivity contribution in [1.82, 2.24) is 14.8 Å². The van der Waals surface area contributed by atoms with Crippen LogP contribution < -0.4 is 5.73 Å². The summed E-state index contributed by atoms with van der Waals surface area (Å²) >= 11 is 0. The molecular weight excluding hydrogens is 276 g/mol. The summed E-state index contributed by atoms with van der Waals surface area (Å²) in [5.74, 6) is 0. The molecule has 1 aromatic carbocycles. The Hall–Kier alpha value is -2.40. The Morgan fingerprint density at radius 2 is 2.00 bits per heavy atom. The molecule has 5 nitrogen and oxygen atoms in total. The summed E-state index contributed by atoms with van der Waals surface area (Å²) in [7, 11) is 0. The maximum Gasteiger partial charge on any atom is 0.150 e. The van der Waals surface area contributed by atoms with E-state index in [-0.39, 0.29) is 6.23 Å². The van der Waals surface area contributed by atoms with Gasteiger partial charge in [0.15, 0.2) is 6.23 Å². The third kappa shape index (κ3) is 2.23. The lowest BCUT2D eigenvalue weighted by atomic mass is 10.1. The highest BCUT2D eigenvalue weighted by Crippen LogP contribution is 2.33. The number of aromatic nitrogens is 3. The monoisotopic (exact) mass is 294 g/mol. The number of benzene rings is 1. The molecule has 1 atom stereocenters. The van der Waals surface area contributed by atoms with Crippen molar-refractivity contribution < 1.29 is 4.74 Å².